The van der Waals surface area contributed by atoms with E-state index in [0.29, 0.717) is 32.1 Å². The Kier molecular flexibility index (Phi) is 8.53. The molecule has 0 aliphatic rings. The van der Waals surface area contributed by atoms with E-state index >= 15 is 0 Å². The molecular formula is C14H21FN2O3. The number of halogens is 1. The minimum atomic E-state index is -0.371. The quantitative estimate of drug-likeness (QED) is 0.638. The number of rotatable bonds is 10. The highest BCUT2D eigenvalue weighted by molar-refractivity contribution is 5.92. The fourth-order valence-electron chi connectivity index (χ4n) is 1.52. The van der Waals surface area contributed by atoms with Gasteiger partial charge in [-0.3, -0.25) is 4.79 Å². The van der Waals surface area contributed by atoms with Crippen molar-refractivity contribution in [2.75, 3.05) is 45.3 Å². The summed E-state index contributed by atoms with van der Waals surface area (Å²) in [5.41, 5.74) is 0.458. The molecule has 1 rings (SSSR count). The Labute approximate surface area is 118 Å². The summed E-state index contributed by atoms with van der Waals surface area (Å²) in [5.74, 6) is -0.570. The van der Waals surface area contributed by atoms with Crippen molar-refractivity contribution in [1.29, 1.82) is 0 Å². The average Bonchev–Trinajstić information content (AvgIpc) is 2.42. The van der Waals surface area contributed by atoms with Gasteiger partial charge in [0.1, 0.15) is 5.82 Å². The van der Waals surface area contributed by atoms with E-state index in [0.717, 1.165) is 6.42 Å². The first-order valence-corrected chi connectivity index (χ1v) is 6.55. The first-order chi connectivity index (χ1) is 9.72. The molecule has 0 saturated heterocycles. The van der Waals surface area contributed by atoms with Gasteiger partial charge in [-0.05, 0) is 31.2 Å². The highest BCUT2D eigenvalue weighted by Crippen LogP contribution is 2.08. The average molecular weight is 284 g/mol. The van der Waals surface area contributed by atoms with Gasteiger partial charge in [0.05, 0.1) is 19.8 Å². The number of benzene rings is 1. The number of carbonyl (C=O) groups excluding carboxylic acids is 1. The lowest BCUT2D eigenvalue weighted by atomic mass is 10.3. The number of ether oxygens (including phenoxy) is 2. The maximum Gasteiger partial charge on any atom is 0.238 e. The third-order valence-electron chi connectivity index (χ3n) is 2.47. The lowest BCUT2D eigenvalue weighted by Gasteiger charge is -2.07. The number of nitrogens with one attached hydrogen (secondary N) is 2. The zero-order valence-corrected chi connectivity index (χ0v) is 11.7. The fourth-order valence-corrected chi connectivity index (χ4v) is 1.52. The largest absolute Gasteiger partial charge is 0.382 e. The highest BCUT2D eigenvalue weighted by atomic mass is 19.1. The lowest BCUT2D eigenvalue weighted by Crippen LogP contribution is -2.29. The zero-order valence-electron chi connectivity index (χ0n) is 11.7. The van der Waals surface area contributed by atoms with Gasteiger partial charge in [-0.25, -0.2) is 4.39 Å². The molecule has 112 valence electrons. The van der Waals surface area contributed by atoms with Crippen LogP contribution in [0.5, 0.6) is 0 Å². The van der Waals surface area contributed by atoms with Crippen molar-refractivity contribution in [2.45, 2.75) is 6.42 Å². The van der Waals surface area contributed by atoms with Gasteiger partial charge in [0, 0.05) is 19.4 Å². The van der Waals surface area contributed by atoms with Crippen LogP contribution in [0.2, 0.25) is 0 Å². The second kappa shape index (κ2) is 10.3. The first kappa shape index (κ1) is 16.6. The van der Waals surface area contributed by atoms with E-state index in [1.165, 1.54) is 12.1 Å². The predicted octanol–water partition coefficient (Wildman–Crippen LogP) is 1.41. The van der Waals surface area contributed by atoms with E-state index in [-0.39, 0.29) is 18.3 Å². The van der Waals surface area contributed by atoms with Crippen LogP contribution in [-0.2, 0) is 14.3 Å². The summed E-state index contributed by atoms with van der Waals surface area (Å²) >= 11 is 0. The van der Waals surface area contributed by atoms with E-state index in [1.807, 2.05) is 0 Å². The summed E-state index contributed by atoms with van der Waals surface area (Å²) in [7, 11) is 1.63. The molecule has 0 aliphatic heterocycles. The lowest BCUT2D eigenvalue weighted by molar-refractivity contribution is -0.115. The summed E-state index contributed by atoms with van der Waals surface area (Å²) in [6.07, 6.45) is 0.816. The molecule has 5 nitrogen and oxygen atoms in total. The Morgan fingerprint density at radius 3 is 2.90 bits per heavy atom. The van der Waals surface area contributed by atoms with Crippen molar-refractivity contribution in [3.63, 3.8) is 0 Å². The smallest absolute Gasteiger partial charge is 0.238 e. The Morgan fingerprint density at radius 1 is 1.30 bits per heavy atom. The molecule has 0 bridgehead atoms. The van der Waals surface area contributed by atoms with Crippen LogP contribution in [-0.4, -0.2) is 45.9 Å². The number of anilines is 1. The van der Waals surface area contributed by atoms with Crippen molar-refractivity contribution in [2.24, 2.45) is 0 Å². The number of amides is 1. The van der Waals surface area contributed by atoms with Crippen LogP contribution in [0.4, 0.5) is 10.1 Å². The van der Waals surface area contributed by atoms with Gasteiger partial charge < -0.3 is 20.1 Å². The minimum absolute atomic E-state index is 0.189. The van der Waals surface area contributed by atoms with Crippen LogP contribution in [0.15, 0.2) is 24.3 Å². The van der Waals surface area contributed by atoms with Crippen LogP contribution >= 0.6 is 0 Å². The van der Waals surface area contributed by atoms with Crippen LogP contribution in [0.25, 0.3) is 0 Å². The number of carbonyl (C=O) groups is 1. The molecule has 0 radical (unpaired) electrons. The van der Waals surface area contributed by atoms with Crippen molar-refractivity contribution >= 4 is 11.6 Å². The third-order valence-corrected chi connectivity index (χ3v) is 2.47. The fraction of sp³-hybridized carbons (Fsp3) is 0.500. The van der Waals surface area contributed by atoms with Crippen molar-refractivity contribution in [3.05, 3.63) is 30.1 Å². The highest BCUT2D eigenvalue weighted by Gasteiger charge is 2.02. The summed E-state index contributed by atoms with van der Waals surface area (Å²) in [4.78, 5) is 11.6. The van der Waals surface area contributed by atoms with Gasteiger partial charge in [0.2, 0.25) is 5.91 Å². The van der Waals surface area contributed by atoms with Gasteiger partial charge in [0.15, 0.2) is 0 Å². The number of hydrogen-bond acceptors (Lipinski definition) is 4. The van der Waals surface area contributed by atoms with Gasteiger partial charge >= 0.3 is 0 Å². The van der Waals surface area contributed by atoms with Crippen molar-refractivity contribution < 1.29 is 18.7 Å². The Hall–Kier alpha value is -1.50. The van der Waals surface area contributed by atoms with Crippen LogP contribution < -0.4 is 10.6 Å². The summed E-state index contributed by atoms with van der Waals surface area (Å²) in [6, 6.07) is 5.80. The van der Waals surface area contributed by atoms with Gasteiger partial charge in [-0.1, -0.05) is 6.07 Å². The van der Waals surface area contributed by atoms with Gasteiger partial charge in [-0.15, -0.1) is 0 Å². The molecule has 1 aromatic rings. The molecule has 6 heteroatoms. The molecule has 0 fully saturated rings. The normalized spacial score (nSPS) is 10.5. The van der Waals surface area contributed by atoms with Crippen molar-refractivity contribution in [1.82, 2.24) is 5.32 Å². The molecule has 1 amide bonds. The van der Waals surface area contributed by atoms with Crippen LogP contribution in [0.1, 0.15) is 6.42 Å². The van der Waals surface area contributed by atoms with E-state index < -0.39 is 0 Å². The SMILES string of the molecule is COCCOCCCNCC(=O)Nc1cccc(F)c1. The summed E-state index contributed by atoms with van der Waals surface area (Å²) in [5, 5.41) is 5.61. The van der Waals surface area contributed by atoms with E-state index in [2.05, 4.69) is 10.6 Å². The molecule has 2 N–H and O–H groups in total. The van der Waals surface area contributed by atoms with Gasteiger partial charge in [0.25, 0.3) is 0 Å². The Balaban J connectivity index is 2.03. The van der Waals surface area contributed by atoms with Crippen LogP contribution in [0, 0.1) is 5.82 Å². The standard InChI is InChI=1S/C14H21FN2O3/c1-19-8-9-20-7-3-6-16-11-14(18)17-13-5-2-4-12(15)10-13/h2,4-5,10,16H,3,6-9,11H2,1H3,(H,17,18). The molecule has 0 aliphatic carbocycles. The molecular weight excluding hydrogens is 263 g/mol. The molecule has 1 aromatic carbocycles. The van der Waals surface area contributed by atoms with Crippen molar-refractivity contribution in [3.8, 4) is 0 Å². The molecule has 0 saturated carbocycles. The maximum atomic E-state index is 12.9. The summed E-state index contributed by atoms with van der Waals surface area (Å²) < 4.78 is 23.0. The molecule has 0 spiro atoms. The van der Waals surface area contributed by atoms with E-state index in [9.17, 15) is 9.18 Å². The number of methoxy groups -OCH3 is 1. The molecule has 0 atom stereocenters. The van der Waals surface area contributed by atoms with E-state index in [1.54, 1.807) is 19.2 Å². The predicted molar refractivity (Wildman–Crippen MR) is 75.2 cm³/mol. The maximum absolute atomic E-state index is 12.9. The summed E-state index contributed by atoms with van der Waals surface area (Å²) in [6.45, 7) is 2.67. The zero-order chi connectivity index (χ0) is 14.6. The molecule has 20 heavy (non-hydrogen) atoms. The second-order valence-electron chi connectivity index (χ2n) is 4.19. The van der Waals surface area contributed by atoms with E-state index in [4.69, 9.17) is 9.47 Å². The van der Waals surface area contributed by atoms with Crippen LogP contribution in [0.3, 0.4) is 0 Å². The molecule has 0 aromatic heterocycles. The first-order valence-electron chi connectivity index (χ1n) is 6.55. The Morgan fingerprint density at radius 2 is 2.15 bits per heavy atom. The topological polar surface area (TPSA) is 59.6 Å². The second-order valence-corrected chi connectivity index (χ2v) is 4.19. The number of hydrogen-bond donors (Lipinski definition) is 2. The van der Waals surface area contributed by atoms with Gasteiger partial charge in [-0.2, -0.15) is 0 Å². The monoisotopic (exact) mass is 284 g/mol. The molecule has 0 unspecified atom stereocenters. The minimum Gasteiger partial charge on any atom is -0.382 e. The third kappa shape index (κ3) is 7.83. The molecule has 0 heterocycles. The Bertz CT molecular complexity index is 402.